The quantitative estimate of drug-likeness (QED) is 0.224. The number of alkyl halides is 2. The molecular formula is C31H30F2N2O3S. The van der Waals surface area contributed by atoms with Crippen molar-refractivity contribution >= 4 is 31.8 Å². The van der Waals surface area contributed by atoms with Gasteiger partial charge in [0.25, 0.3) is 0 Å². The van der Waals surface area contributed by atoms with E-state index in [9.17, 15) is 17.2 Å². The molecule has 2 aromatic carbocycles. The van der Waals surface area contributed by atoms with E-state index in [2.05, 4.69) is 10.6 Å². The van der Waals surface area contributed by atoms with Crippen LogP contribution < -0.4 is 0 Å². The minimum atomic E-state index is -3.48. The fraction of sp³-hybridized carbons (Fsp3) is 0.323. The van der Waals surface area contributed by atoms with E-state index in [1.165, 1.54) is 6.26 Å². The largest absolute Gasteiger partial charge is 0.469 e. The Hall–Kier alpha value is -3.52. The first-order valence-corrected chi connectivity index (χ1v) is 15.0. The van der Waals surface area contributed by atoms with Gasteiger partial charge >= 0.3 is 0 Å². The molecule has 1 atom stereocenters. The molecule has 1 unspecified atom stereocenters. The van der Waals surface area contributed by atoms with Gasteiger partial charge in [0, 0.05) is 41.8 Å². The second-order valence-corrected chi connectivity index (χ2v) is 12.8. The van der Waals surface area contributed by atoms with Gasteiger partial charge in [0.2, 0.25) is 5.92 Å². The molecule has 3 heterocycles. The van der Waals surface area contributed by atoms with E-state index in [-0.39, 0.29) is 29.7 Å². The number of furan rings is 1. The van der Waals surface area contributed by atoms with Gasteiger partial charge < -0.3 is 8.98 Å². The Morgan fingerprint density at radius 3 is 2.38 bits per heavy atom. The minimum absolute atomic E-state index is 0.0613. The van der Waals surface area contributed by atoms with Crippen LogP contribution in [0.2, 0.25) is 0 Å². The average Bonchev–Trinajstić information content (AvgIpc) is 3.40. The Morgan fingerprint density at radius 2 is 1.74 bits per heavy atom. The summed E-state index contributed by atoms with van der Waals surface area (Å²) < 4.78 is 61.5. The van der Waals surface area contributed by atoms with Gasteiger partial charge in [-0.2, -0.15) is 0 Å². The first-order valence-electron chi connectivity index (χ1n) is 13.1. The van der Waals surface area contributed by atoms with Crippen LogP contribution in [0, 0.1) is 19.8 Å². The van der Waals surface area contributed by atoms with Crippen LogP contribution in [0.25, 0.3) is 33.1 Å². The summed E-state index contributed by atoms with van der Waals surface area (Å²) in [5.74, 6) is -1.94. The first kappa shape index (κ1) is 25.7. The molecule has 1 aliphatic carbocycles. The molecule has 0 bridgehead atoms. The number of hydrogen-bond acceptors (Lipinski definition) is 4. The number of pyridine rings is 1. The number of nitrogens with zero attached hydrogens (tertiary/aromatic N) is 2. The van der Waals surface area contributed by atoms with Crippen LogP contribution in [0.3, 0.4) is 0 Å². The molecule has 1 fully saturated rings. The van der Waals surface area contributed by atoms with Crippen LogP contribution in [-0.2, 0) is 9.84 Å². The van der Waals surface area contributed by atoms with Crippen molar-refractivity contribution in [3.05, 3.63) is 83.9 Å². The first-order chi connectivity index (χ1) is 18.5. The zero-order valence-corrected chi connectivity index (χ0v) is 22.9. The summed E-state index contributed by atoms with van der Waals surface area (Å²) in [7, 11) is -3.48. The molecule has 0 saturated heterocycles. The monoisotopic (exact) mass is 548 g/mol. The number of aromatic nitrogens is 2. The third kappa shape index (κ3) is 4.54. The summed E-state index contributed by atoms with van der Waals surface area (Å²) in [4.78, 5) is 5.08. The second kappa shape index (κ2) is 9.30. The molecule has 0 aliphatic heterocycles. The van der Waals surface area contributed by atoms with Gasteiger partial charge in [0.05, 0.1) is 33.8 Å². The standard InChI is InChI=1S/C31H30F2N2O3S/c1-19-18-38-20(2)28(19)23-15-27-29(34-17-23)25-10-9-24(39(3,36)37)16-26(25)35(27)30(21-7-5-4-6-8-21)22-11-13-31(32,33)14-12-22/h4-10,15-18,22,30H,11-14H2,1-3H3. The highest BCUT2D eigenvalue weighted by atomic mass is 32.2. The van der Waals surface area contributed by atoms with Gasteiger partial charge in [-0.15, -0.1) is 0 Å². The Bertz CT molecular complexity index is 1780. The van der Waals surface area contributed by atoms with Crippen molar-refractivity contribution in [3.8, 4) is 11.1 Å². The van der Waals surface area contributed by atoms with E-state index in [1.54, 1.807) is 18.4 Å². The van der Waals surface area contributed by atoms with Crippen LogP contribution >= 0.6 is 0 Å². The van der Waals surface area contributed by atoms with Gasteiger partial charge in [-0.3, -0.25) is 4.98 Å². The Balaban J connectivity index is 1.68. The molecular weight excluding hydrogens is 518 g/mol. The molecule has 0 amide bonds. The summed E-state index contributed by atoms with van der Waals surface area (Å²) in [6.45, 7) is 3.90. The van der Waals surface area contributed by atoms with Crippen molar-refractivity contribution in [1.29, 1.82) is 0 Å². The molecule has 5 aromatic rings. The molecule has 0 N–H and O–H groups in total. The van der Waals surface area contributed by atoms with E-state index in [4.69, 9.17) is 9.40 Å². The van der Waals surface area contributed by atoms with Crippen molar-refractivity contribution in [2.75, 3.05) is 6.26 Å². The normalized spacial score (nSPS) is 17.2. The van der Waals surface area contributed by atoms with Crippen molar-refractivity contribution in [2.24, 2.45) is 5.92 Å². The maximum atomic E-state index is 14.3. The number of fused-ring (bicyclic) bond motifs is 3. The predicted molar refractivity (Wildman–Crippen MR) is 149 cm³/mol. The predicted octanol–water partition coefficient (Wildman–Crippen LogP) is 7.88. The van der Waals surface area contributed by atoms with E-state index in [1.807, 2.05) is 56.4 Å². The van der Waals surface area contributed by atoms with Crippen molar-refractivity contribution in [1.82, 2.24) is 9.55 Å². The molecule has 1 saturated carbocycles. The Kier molecular flexibility index (Phi) is 6.14. The van der Waals surface area contributed by atoms with Crippen LogP contribution in [0.1, 0.15) is 48.6 Å². The molecule has 0 spiro atoms. The number of rotatable bonds is 5. The molecule has 202 valence electrons. The zero-order chi connectivity index (χ0) is 27.5. The van der Waals surface area contributed by atoms with E-state index in [0.717, 1.165) is 50.0 Å². The minimum Gasteiger partial charge on any atom is -0.469 e. The zero-order valence-electron chi connectivity index (χ0n) is 22.1. The Labute approximate surface area is 226 Å². The van der Waals surface area contributed by atoms with Crippen LogP contribution in [0.5, 0.6) is 0 Å². The highest BCUT2D eigenvalue weighted by Gasteiger charge is 2.39. The summed E-state index contributed by atoms with van der Waals surface area (Å²) in [5, 5.41) is 0.826. The van der Waals surface area contributed by atoms with Crippen molar-refractivity contribution in [3.63, 3.8) is 0 Å². The van der Waals surface area contributed by atoms with Gasteiger partial charge in [-0.1, -0.05) is 30.3 Å². The van der Waals surface area contributed by atoms with Crippen LogP contribution in [0.15, 0.2) is 76.4 Å². The van der Waals surface area contributed by atoms with Gasteiger partial charge in [0.1, 0.15) is 5.76 Å². The summed E-state index contributed by atoms with van der Waals surface area (Å²) in [6.07, 6.45) is 5.14. The summed E-state index contributed by atoms with van der Waals surface area (Å²) in [6, 6.07) is 16.8. The fourth-order valence-corrected chi connectivity index (χ4v) is 6.86. The molecule has 8 heteroatoms. The third-order valence-corrected chi connectivity index (χ3v) is 9.22. The molecule has 39 heavy (non-hydrogen) atoms. The lowest BCUT2D eigenvalue weighted by Crippen LogP contribution is -2.30. The molecule has 1 aliphatic rings. The van der Waals surface area contributed by atoms with Gasteiger partial charge in [-0.05, 0) is 68.0 Å². The number of aryl methyl sites for hydroxylation is 2. The smallest absolute Gasteiger partial charge is 0.248 e. The maximum absolute atomic E-state index is 14.3. The number of sulfone groups is 1. The number of halogens is 2. The average molecular weight is 549 g/mol. The molecule has 5 nitrogen and oxygen atoms in total. The second-order valence-electron chi connectivity index (χ2n) is 10.8. The fourth-order valence-electron chi connectivity index (χ4n) is 6.22. The van der Waals surface area contributed by atoms with Gasteiger partial charge in [0.15, 0.2) is 9.84 Å². The molecule has 3 aromatic heterocycles. The lowest BCUT2D eigenvalue weighted by Gasteiger charge is -2.35. The lowest BCUT2D eigenvalue weighted by molar-refractivity contribution is -0.0493. The van der Waals surface area contributed by atoms with E-state index >= 15 is 0 Å². The highest BCUT2D eigenvalue weighted by Crippen LogP contribution is 2.46. The topological polar surface area (TPSA) is 65.1 Å². The number of hydrogen-bond donors (Lipinski definition) is 0. The van der Waals surface area contributed by atoms with Crippen LogP contribution in [0.4, 0.5) is 8.78 Å². The lowest BCUT2D eigenvalue weighted by atomic mass is 9.79. The van der Waals surface area contributed by atoms with Gasteiger partial charge in [-0.25, -0.2) is 17.2 Å². The molecule has 6 rings (SSSR count). The third-order valence-electron chi connectivity index (χ3n) is 8.11. The van der Waals surface area contributed by atoms with E-state index < -0.39 is 15.8 Å². The summed E-state index contributed by atoms with van der Waals surface area (Å²) >= 11 is 0. The molecule has 0 radical (unpaired) electrons. The summed E-state index contributed by atoms with van der Waals surface area (Å²) in [5.41, 5.74) is 6.15. The SMILES string of the molecule is Cc1coc(C)c1-c1cnc2c3ccc(S(C)(=O)=O)cc3n(C(c3ccccc3)C3CCC(F)(F)CC3)c2c1. The number of benzene rings is 2. The van der Waals surface area contributed by atoms with Crippen molar-refractivity contribution < 1.29 is 21.6 Å². The van der Waals surface area contributed by atoms with Crippen molar-refractivity contribution in [2.45, 2.75) is 56.4 Å². The Morgan fingerprint density at radius 1 is 1.03 bits per heavy atom. The van der Waals surface area contributed by atoms with Crippen LogP contribution in [-0.4, -0.2) is 30.1 Å². The maximum Gasteiger partial charge on any atom is 0.248 e. The highest BCUT2D eigenvalue weighted by molar-refractivity contribution is 7.90. The van der Waals surface area contributed by atoms with E-state index in [0.29, 0.717) is 12.8 Å².